The second-order valence-corrected chi connectivity index (χ2v) is 8.14. The maximum absolute atomic E-state index is 11.8. The molecule has 0 bridgehead atoms. The molecular weight excluding hydrogens is 412 g/mol. The summed E-state index contributed by atoms with van der Waals surface area (Å²) >= 11 is 0. The Labute approximate surface area is 185 Å². The van der Waals surface area contributed by atoms with Gasteiger partial charge in [-0.25, -0.2) is 9.48 Å². The van der Waals surface area contributed by atoms with Crippen LogP contribution in [0.15, 0.2) is 36.4 Å². The first kappa shape index (κ1) is 21.8. The van der Waals surface area contributed by atoms with Crippen LogP contribution in [0.5, 0.6) is 11.5 Å². The van der Waals surface area contributed by atoms with E-state index >= 15 is 0 Å². The smallest absolute Gasteiger partial charge is 0.358 e. The van der Waals surface area contributed by atoms with Crippen molar-refractivity contribution >= 4 is 5.97 Å². The highest BCUT2D eigenvalue weighted by Gasteiger charge is 2.24. The topological polar surface area (TPSA) is 121 Å². The fourth-order valence-corrected chi connectivity index (χ4v) is 3.85. The minimum absolute atomic E-state index is 0.0141. The standard InChI is InChI=1S/C23H26N4O5/c1-14(2)17-11-18(20(29)12-19(17)28)27-22(21(23(30)31)24-25-27)16-5-3-15(4-6-16)13-26-7-9-32-10-8-26/h3-6,11-12,14,28-29H,7-10,13H2,1-2H3,(H,30,31). The molecule has 1 aliphatic rings. The first-order chi connectivity index (χ1) is 15.3. The summed E-state index contributed by atoms with van der Waals surface area (Å²) in [4.78, 5) is 14.1. The van der Waals surface area contributed by atoms with Gasteiger partial charge < -0.3 is 20.1 Å². The number of carboxylic acids is 1. The third kappa shape index (κ3) is 4.30. The van der Waals surface area contributed by atoms with Gasteiger partial charge in [0.1, 0.15) is 22.9 Å². The number of phenols is 2. The summed E-state index contributed by atoms with van der Waals surface area (Å²) in [5.41, 5.74) is 2.60. The lowest BCUT2D eigenvalue weighted by Gasteiger charge is -2.26. The average Bonchev–Trinajstić information content (AvgIpc) is 3.20. The molecule has 0 saturated carbocycles. The first-order valence-electron chi connectivity index (χ1n) is 10.5. The zero-order valence-corrected chi connectivity index (χ0v) is 18.0. The molecule has 0 aliphatic carbocycles. The minimum Gasteiger partial charge on any atom is -0.508 e. The normalized spacial score (nSPS) is 14.7. The van der Waals surface area contributed by atoms with Gasteiger partial charge in [-0.2, -0.15) is 0 Å². The van der Waals surface area contributed by atoms with Gasteiger partial charge in [0.15, 0.2) is 5.69 Å². The molecule has 2 aromatic carbocycles. The zero-order chi connectivity index (χ0) is 22.8. The van der Waals surface area contributed by atoms with E-state index in [1.807, 2.05) is 38.1 Å². The van der Waals surface area contributed by atoms with Crippen LogP contribution in [0.2, 0.25) is 0 Å². The molecule has 1 fully saturated rings. The van der Waals surface area contributed by atoms with Gasteiger partial charge in [0.05, 0.1) is 13.2 Å². The van der Waals surface area contributed by atoms with Crippen LogP contribution in [0.25, 0.3) is 16.9 Å². The Hall–Kier alpha value is -3.43. The summed E-state index contributed by atoms with van der Waals surface area (Å²) in [5.74, 6) is -1.49. The molecule has 32 heavy (non-hydrogen) atoms. The lowest BCUT2D eigenvalue weighted by atomic mass is 10.0. The number of nitrogens with zero attached hydrogens (tertiary/aromatic N) is 4. The van der Waals surface area contributed by atoms with Crippen LogP contribution >= 0.6 is 0 Å². The van der Waals surface area contributed by atoms with E-state index in [-0.39, 0.29) is 34.5 Å². The number of morpholine rings is 1. The number of phenolic OH excluding ortho intramolecular Hbond substituents is 2. The molecule has 4 rings (SSSR count). The van der Waals surface area contributed by atoms with Gasteiger partial charge in [0.25, 0.3) is 0 Å². The number of benzene rings is 2. The molecular formula is C23H26N4O5. The Bertz CT molecular complexity index is 1120. The molecule has 9 nitrogen and oxygen atoms in total. The second kappa shape index (κ2) is 8.97. The van der Waals surface area contributed by atoms with Gasteiger partial charge >= 0.3 is 5.97 Å². The third-order valence-corrected chi connectivity index (χ3v) is 5.58. The van der Waals surface area contributed by atoms with Crippen molar-refractivity contribution < 1.29 is 24.9 Å². The molecule has 0 amide bonds. The van der Waals surface area contributed by atoms with E-state index in [1.54, 1.807) is 6.07 Å². The summed E-state index contributed by atoms with van der Waals surface area (Å²) in [5, 5.41) is 38.2. The molecule has 9 heteroatoms. The lowest BCUT2D eigenvalue weighted by molar-refractivity contribution is 0.0342. The number of ether oxygens (including phenoxy) is 1. The van der Waals surface area contributed by atoms with E-state index in [0.717, 1.165) is 38.4 Å². The molecule has 0 spiro atoms. The molecule has 0 radical (unpaired) electrons. The average molecular weight is 438 g/mol. The minimum atomic E-state index is -1.22. The van der Waals surface area contributed by atoms with Crippen LogP contribution in [0.4, 0.5) is 0 Å². The molecule has 1 aliphatic heterocycles. The number of hydrogen-bond acceptors (Lipinski definition) is 7. The highest BCUT2D eigenvalue weighted by atomic mass is 16.5. The number of carbonyl (C=O) groups is 1. The van der Waals surface area contributed by atoms with Gasteiger partial charge in [-0.1, -0.05) is 43.3 Å². The van der Waals surface area contributed by atoms with Crippen LogP contribution in [0, 0.1) is 0 Å². The molecule has 2 heterocycles. The molecule has 0 atom stereocenters. The summed E-state index contributed by atoms with van der Waals surface area (Å²) in [7, 11) is 0. The number of carboxylic acid groups (broad SMARTS) is 1. The fourth-order valence-electron chi connectivity index (χ4n) is 3.85. The van der Waals surface area contributed by atoms with Crippen molar-refractivity contribution in [1.82, 2.24) is 19.9 Å². The predicted octanol–water partition coefficient (Wildman–Crippen LogP) is 3.00. The summed E-state index contributed by atoms with van der Waals surface area (Å²) < 4.78 is 6.69. The maximum atomic E-state index is 11.8. The monoisotopic (exact) mass is 438 g/mol. The van der Waals surface area contributed by atoms with E-state index in [9.17, 15) is 20.1 Å². The second-order valence-electron chi connectivity index (χ2n) is 8.14. The fraction of sp³-hybridized carbons (Fsp3) is 0.348. The summed E-state index contributed by atoms with van der Waals surface area (Å²) in [6.45, 7) is 7.80. The number of aromatic carboxylic acids is 1. The van der Waals surface area contributed by atoms with Crippen LogP contribution in [-0.4, -0.2) is 67.5 Å². The van der Waals surface area contributed by atoms with Gasteiger partial charge in [0.2, 0.25) is 0 Å². The molecule has 0 unspecified atom stereocenters. The Balaban J connectivity index is 1.74. The van der Waals surface area contributed by atoms with E-state index in [1.165, 1.54) is 10.7 Å². The third-order valence-electron chi connectivity index (χ3n) is 5.58. The highest BCUT2D eigenvalue weighted by Crippen LogP contribution is 2.36. The molecule has 1 saturated heterocycles. The Kier molecular flexibility index (Phi) is 6.11. The van der Waals surface area contributed by atoms with Crippen LogP contribution in [-0.2, 0) is 11.3 Å². The number of rotatable bonds is 6. The van der Waals surface area contributed by atoms with E-state index in [0.29, 0.717) is 11.1 Å². The van der Waals surface area contributed by atoms with E-state index in [2.05, 4.69) is 15.2 Å². The zero-order valence-electron chi connectivity index (χ0n) is 18.0. The van der Waals surface area contributed by atoms with Crippen LogP contribution < -0.4 is 0 Å². The molecule has 168 valence electrons. The Morgan fingerprint density at radius 2 is 1.78 bits per heavy atom. The Morgan fingerprint density at radius 1 is 1.09 bits per heavy atom. The molecule has 3 aromatic rings. The SMILES string of the molecule is CC(C)c1cc(-n2nnc(C(=O)O)c2-c2ccc(CN3CCOCC3)cc2)c(O)cc1O. The lowest BCUT2D eigenvalue weighted by Crippen LogP contribution is -2.35. The summed E-state index contributed by atoms with van der Waals surface area (Å²) in [6.07, 6.45) is 0. The van der Waals surface area contributed by atoms with Crippen LogP contribution in [0.3, 0.4) is 0 Å². The first-order valence-corrected chi connectivity index (χ1v) is 10.5. The van der Waals surface area contributed by atoms with Crippen molar-refractivity contribution in [2.24, 2.45) is 0 Å². The van der Waals surface area contributed by atoms with Crippen molar-refractivity contribution in [3.05, 3.63) is 53.2 Å². The van der Waals surface area contributed by atoms with E-state index in [4.69, 9.17) is 4.74 Å². The largest absolute Gasteiger partial charge is 0.508 e. The number of aromatic nitrogens is 3. The van der Waals surface area contributed by atoms with Crippen LogP contribution in [0.1, 0.15) is 41.4 Å². The van der Waals surface area contributed by atoms with Gasteiger partial charge in [-0.05, 0) is 23.1 Å². The predicted molar refractivity (Wildman–Crippen MR) is 117 cm³/mol. The Morgan fingerprint density at radius 3 is 2.41 bits per heavy atom. The van der Waals surface area contributed by atoms with Crippen molar-refractivity contribution in [2.45, 2.75) is 26.3 Å². The maximum Gasteiger partial charge on any atom is 0.358 e. The van der Waals surface area contributed by atoms with Gasteiger partial charge in [-0.15, -0.1) is 5.10 Å². The number of hydrogen-bond donors (Lipinski definition) is 3. The van der Waals surface area contributed by atoms with Crippen molar-refractivity contribution in [3.8, 4) is 28.4 Å². The van der Waals surface area contributed by atoms with Crippen molar-refractivity contribution in [1.29, 1.82) is 0 Å². The highest BCUT2D eigenvalue weighted by molar-refractivity contribution is 5.93. The quantitative estimate of drug-likeness (QED) is 0.537. The number of aromatic hydroxyl groups is 2. The summed E-state index contributed by atoms with van der Waals surface area (Å²) in [6, 6.07) is 10.4. The molecule has 1 aromatic heterocycles. The van der Waals surface area contributed by atoms with Crippen molar-refractivity contribution in [2.75, 3.05) is 26.3 Å². The molecule has 3 N–H and O–H groups in total. The van der Waals surface area contributed by atoms with Gasteiger partial charge in [0, 0.05) is 31.3 Å². The van der Waals surface area contributed by atoms with E-state index < -0.39 is 5.97 Å². The van der Waals surface area contributed by atoms with Crippen molar-refractivity contribution in [3.63, 3.8) is 0 Å². The van der Waals surface area contributed by atoms with Gasteiger partial charge in [-0.3, -0.25) is 4.90 Å².